The lowest BCUT2D eigenvalue weighted by atomic mass is 10.0. The van der Waals surface area contributed by atoms with Gasteiger partial charge in [-0.2, -0.15) is 0 Å². The number of nitrogens with one attached hydrogen (secondary N) is 1. The molecule has 0 aliphatic carbocycles. The number of benzene rings is 2. The third-order valence-corrected chi connectivity index (χ3v) is 3.96. The molecule has 2 unspecified atom stereocenters. The van der Waals surface area contributed by atoms with E-state index in [0.29, 0.717) is 6.04 Å². The summed E-state index contributed by atoms with van der Waals surface area (Å²) in [5.74, 6) is 0. The van der Waals surface area contributed by atoms with Gasteiger partial charge in [0.25, 0.3) is 0 Å². The van der Waals surface area contributed by atoms with Gasteiger partial charge in [0.1, 0.15) is 0 Å². The molecule has 1 nitrogen and oxygen atoms in total. The molecule has 2 atom stereocenters. The summed E-state index contributed by atoms with van der Waals surface area (Å²) < 4.78 is 0. The third-order valence-electron chi connectivity index (χ3n) is 3.36. The summed E-state index contributed by atoms with van der Waals surface area (Å²) in [4.78, 5) is 0. The van der Waals surface area contributed by atoms with Crippen LogP contribution in [0.5, 0.6) is 0 Å². The highest BCUT2D eigenvalue weighted by Crippen LogP contribution is 2.23. The fourth-order valence-electron chi connectivity index (χ4n) is 2.38. The van der Waals surface area contributed by atoms with E-state index in [1.54, 1.807) is 0 Å². The minimum Gasteiger partial charge on any atom is -0.307 e. The van der Waals surface area contributed by atoms with Gasteiger partial charge in [-0.1, -0.05) is 53.5 Å². The molecule has 106 valence electrons. The maximum absolute atomic E-state index is 6.23. The fourth-order valence-corrected chi connectivity index (χ4v) is 2.80. The predicted molar refractivity (Wildman–Crippen MR) is 87.6 cm³/mol. The Morgan fingerprint density at radius 1 is 0.950 bits per heavy atom. The van der Waals surface area contributed by atoms with Crippen molar-refractivity contribution in [1.29, 1.82) is 0 Å². The first-order chi connectivity index (χ1) is 9.56. The van der Waals surface area contributed by atoms with Crippen molar-refractivity contribution >= 4 is 23.2 Å². The van der Waals surface area contributed by atoms with Crippen molar-refractivity contribution in [3.05, 3.63) is 69.7 Å². The minimum atomic E-state index is 0.228. The molecule has 0 spiro atoms. The number of hydrogen-bond donors (Lipinski definition) is 1. The van der Waals surface area contributed by atoms with E-state index >= 15 is 0 Å². The highest BCUT2D eigenvalue weighted by molar-refractivity contribution is 6.31. The van der Waals surface area contributed by atoms with E-state index in [1.165, 1.54) is 5.56 Å². The Morgan fingerprint density at radius 2 is 1.60 bits per heavy atom. The topological polar surface area (TPSA) is 12.0 Å². The molecule has 0 fully saturated rings. The number of hydrogen-bond acceptors (Lipinski definition) is 1. The van der Waals surface area contributed by atoms with Gasteiger partial charge in [0.2, 0.25) is 0 Å². The molecule has 2 rings (SSSR count). The average molecular weight is 308 g/mol. The minimum absolute atomic E-state index is 0.228. The Hall–Kier alpha value is -1.02. The van der Waals surface area contributed by atoms with Crippen molar-refractivity contribution in [3.63, 3.8) is 0 Å². The Labute approximate surface area is 130 Å². The highest BCUT2D eigenvalue weighted by Gasteiger charge is 2.12. The van der Waals surface area contributed by atoms with Crippen LogP contribution in [0.4, 0.5) is 0 Å². The van der Waals surface area contributed by atoms with E-state index in [0.717, 1.165) is 22.0 Å². The molecule has 2 aromatic carbocycles. The number of rotatable bonds is 5. The van der Waals surface area contributed by atoms with Crippen molar-refractivity contribution in [2.75, 3.05) is 0 Å². The maximum atomic E-state index is 6.23. The third kappa shape index (κ3) is 4.24. The lowest BCUT2D eigenvalue weighted by molar-refractivity contribution is 0.477. The van der Waals surface area contributed by atoms with Gasteiger partial charge >= 0.3 is 0 Å². The van der Waals surface area contributed by atoms with E-state index in [4.69, 9.17) is 23.2 Å². The Morgan fingerprint density at radius 3 is 2.25 bits per heavy atom. The van der Waals surface area contributed by atoms with Gasteiger partial charge in [-0.25, -0.2) is 0 Å². The molecular formula is C17H19Cl2N. The fraction of sp³-hybridized carbons (Fsp3) is 0.294. The molecular weight excluding hydrogens is 289 g/mol. The van der Waals surface area contributed by atoms with Crippen molar-refractivity contribution in [2.45, 2.75) is 32.4 Å². The zero-order valence-electron chi connectivity index (χ0n) is 11.7. The summed E-state index contributed by atoms with van der Waals surface area (Å²) in [5.41, 5.74) is 2.41. The van der Waals surface area contributed by atoms with Crippen molar-refractivity contribution in [2.24, 2.45) is 0 Å². The van der Waals surface area contributed by atoms with Crippen LogP contribution < -0.4 is 5.32 Å². The Balaban J connectivity index is 1.96. The van der Waals surface area contributed by atoms with Crippen molar-refractivity contribution < 1.29 is 0 Å². The molecule has 0 aliphatic rings. The molecule has 0 radical (unpaired) electrons. The molecule has 0 amide bonds. The van der Waals surface area contributed by atoms with Crippen molar-refractivity contribution in [1.82, 2.24) is 5.32 Å². The van der Waals surface area contributed by atoms with E-state index < -0.39 is 0 Å². The van der Waals surface area contributed by atoms with Crippen LogP contribution in [0.2, 0.25) is 10.0 Å². The SMILES string of the molecule is CC(Cc1ccc(Cl)cc1)NC(C)c1ccccc1Cl. The van der Waals surface area contributed by atoms with E-state index in [2.05, 4.69) is 37.4 Å². The van der Waals surface area contributed by atoms with Crippen LogP contribution in [-0.2, 0) is 6.42 Å². The number of halogens is 2. The summed E-state index contributed by atoms with van der Waals surface area (Å²) >= 11 is 12.1. The molecule has 20 heavy (non-hydrogen) atoms. The van der Waals surface area contributed by atoms with Crippen LogP contribution in [0.3, 0.4) is 0 Å². The monoisotopic (exact) mass is 307 g/mol. The van der Waals surface area contributed by atoms with Crippen molar-refractivity contribution in [3.8, 4) is 0 Å². The molecule has 3 heteroatoms. The smallest absolute Gasteiger partial charge is 0.0453 e. The zero-order chi connectivity index (χ0) is 14.5. The molecule has 0 aromatic heterocycles. The van der Waals surface area contributed by atoms with Crippen LogP contribution in [0, 0.1) is 0 Å². The lowest BCUT2D eigenvalue weighted by Gasteiger charge is -2.21. The van der Waals surface area contributed by atoms with Crippen LogP contribution in [-0.4, -0.2) is 6.04 Å². The first-order valence-corrected chi connectivity index (χ1v) is 7.57. The van der Waals surface area contributed by atoms with E-state index in [-0.39, 0.29) is 6.04 Å². The second-order valence-corrected chi connectivity index (χ2v) is 5.99. The van der Waals surface area contributed by atoms with Crippen LogP contribution >= 0.6 is 23.2 Å². The summed E-state index contributed by atoms with van der Waals surface area (Å²) in [7, 11) is 0. The van der Waals surface area contributed by atoms with Gasteiger partial charge in [-0.05, 0) is 49.6 Å². The van der Waals surface area contributed by atoms with Crippen LogP contribution in [0.25, 0.3) is 0 Å². The zero-order valence-corrected chi connectivity index (χ0v) is 13.2. The quantitative estimate of drug-likeness (QED) is 0.793. The summed E-state index contributed by atoms with van der Waals surface area (Å²) in [6, 6.07) is 16.6. The highest BCUT2D eigenvalue weighted by atomic mass is 35.5. The van der Waals surface area contributed by atoms with Gasteiger partial charge in [0.15, 0.2) is 0 Å². The Bertz CT molecular complexity index is 551. The van der Waals surface area contributed by atoms with Crippen LogP contribution in [0.1, 0.15) is 31.0 Å². The molecule has 0 aliphatic heterocycles. The van der Waals surface area contributed by atoms with Crippen LogP contribution in [0.15, 0.2) is 48.5 Å². The van der Waals surface area contributed by atoms with Gasteiger partial charge in [-0.3, -0.25) is 0 Å². The standard InChI is InChI=1S/C17H19Cl2N/c1-12(11-14-7-9-15(18)10-8-14)20-13(2)16-5-3-4-6-17(16)19/h3-10,12-13,20H,11H2,1-2H3. The molecule has 2 aromatic rings. The van der Waals surface area contributed by atoms with E-state index in [1.807, 2.05) is 30.3 Å². The molecule has 0 bridgehead atoms. The maximum Gasteiger partial charge on any atom is 0.0453 e. The van der Waals surface area contributed by atoms with Gasteiger partial charge in [-0.15, -0.1) is 0 Å². The second kappa shape index (κ2) is 7.12. The predicted octanol–water partition coefficient (Wildman–Crippen LogP) is 5.28. The normalized spacial score (nSPS) is 14.0. The van der Waals surface area contributed by atoms with E-state index in [9.17, 15) is 0 Å². The first kappa shape index (κ1) is 15.4. The molecule has 0 saturated carbocycles. The second-order valence-electron chi connectivity index (χ2n) is 5.14. The van der Waals surface area contributed by atoms with Gasteiger partial charge < -0.3 is 5.32 Å². The summed E-state index contributed by atoms with van der Waals surface area (Å²) in [6.45, 7) is 4.32. The largest absolute Gasteiger partial charge is 0.307 e. The molecule has 0 saturated heterocycles. The molecule has 1 N–H and O–H groups in total. The van der Waals surface area contributed by atoms with Gasteiger partial charge in [0.05, 0.1) is 0 Å². The Kier molecular flexibility index (Phi) is 5.47. The first-order valence-electron chi connectivity index (χ1n) is 6.81. The average Bonchev–Trinajstić information content (AvgIpc) is 2.41. The lowest BCUT2D eigenvalue weighted by Crippen LogP contribution is -2.30. The molecule has 0 heterocycles. The summed E-state index contributed by atoms with van der Waals surface area (Å²) in [5, 5.41) is 5.17. The van der Waals surface area contributed by atoms with Gasteiger partial charge in [0, 0.05) is 22.1 Å². The summed E-state index contributed by atoms with van der Waals surface area (Å²) in [6.07, 6.45) is 0.964.